The Balaban J connectivity index is 2.17. The summed E-state index contributed by atoms with van der Waals surface area (Å²) >= 11 is 9.33. The van der Waals surface area contributed by atoms with Gasteiger partial charge in [0.15, 0.2) is 0 Å². The number of carbonyl (C=O) groups is 1. The van der Waals surface area contributed by atoms with Crippen LogP contribution in [0.15, 0.2) is 22.7 Å². The molecule has 1 fully saturated rings. The number of nitrogens with zero attached hydrogens (tertiary/aromatic N) is 1. The molecule has 5 heteroatoms. The number of amides is 1. The average molecular weight is 333 g/mol. The lowest BCUT2D eigenvalue weighted by Gasteiger charge is -2.35. The highest BCUT2D eigenvalue weighted by Gasteiger charge is 2.26. The summed E-state index contributed by atoms with van der Waals surface area (Å²) in [6, 6.07) is 5.27. The summed E-state index contributed by atoms with van der Waals surface area (Å²) < 4.78 is 6.41. The van der Waals surface area contributed by atoms with Crippen LogP contribution in [0.3, 0.4) is 0 Å². The highest BCUT2D eigenvalue weighted by Crippen LogP contribution is 2.24. The fraction of sp³-hybridized carbons (Fsp3) is 0.462. The standard InChI is InChI=1S/C13H15BrClNO2/c1-8-6-16(7-9(2)18-8)13(17)10-3-4-11(14)12(15)5-10/h3-5,8-9H,6-7H2,1-2H3. The smallest absolute Gasteiger partial charge is 0.254 e. The van der Waals surface area contributed by atoms with Gasteiger partial charge in [0.05, 0.1) is 17.2 Å². The topological polar surface area (TPSA) is 29.5 Å². The van der Waals surface area contributed by atoms with Crippen molar-refractivity contribution in [3.63, 3.8) is 0 Å². The highest BCUT2D eigenvalue weighted by molar-refractivity contribution is 9.10. The lowest BCUT2D eigenvalue weighted by atomic mass is 10.1. The first kappa shape index (κ1) is 13.8. The van der Waals surface area contributed by atoms with E-state index in [9.17, 15) is 4.79 Å². The monoisotopic (exact) mass is 331 g/mol. The van der Waals surface area contributed by atoms with Crippen molar-refractivity contribution in [3.05, 3.63) is 33.3 Å². The molecule has 0 bridgehead atoms. The molecule has 98 valence electrons. The maximum absolute atomic E-state index is 12.4. The third-order valence-corrected chi connectivity index (χ3v) is 4.11. The molecule has 0 saturated carbocycles. The molecular formula is C13H15BrClNO2. The molecule has 1 aromatic carbocycles. The molecule has 2 atom stereocenters. The Morgan fingerprint density at radius 2 is 2.00 bits per heavy atom. The van der Waals surface area contributed by atoms with Crippen molar-refractivity contribution in [3.8, 4) is 0 Å². The van der Waals surface area contributed by atoms with E-state index < -0.39 is 0 Å². The van der Waals surface area contributed by atoms with Gasteiger partial charge in [-0.1, -0.05) is 11.6 Å². The fourth-order valence-electron chi connectivity index (χ4n) is 2.16. The molecular weight excluding hydrogens is 318 g/mol. The Labute approximate surface area is 120 Å². The SMILES string of the molecule is CC1CN(C(=O)c2ccc(Br)c(Cl)c2)CC(C)O1. The van der Waals surface area contributed by atoms with Gasteiger partial charge in [-0.05, 0) is 48.0 Å². The maximum atomic E-state index is 12.4. The number of rotatable bonds is 1. The Bertz CT molecular complexity index is 456. The van der Waals surface area contributed by atoms with Crippen LogP contribution in [0.5, 0.6) is 0 Å². The predicted octanol–water partition coefficient (Wildman–Crippen LogP) is 3.35. The van der Waals surface area contributed by atoms with E-state index in [2.05, 4.69) is 15.9 Å². The minimum atomic E-state index is 0.00593. The van der Waals surface area contributed by atoms with Crippen LogP contribution in [0.1, 0.15) is 24.2 Å². The number of benzene rings is 1. The van der Waals surface area contributed by atoms with Crippen LogP contribution in [-0.2, 0) is 4.74 Å². The van der Waals surface area contributed by atoms with Crippen LogP contribution in [0, 0.1) is 0 Å². The van der Waals surface area contributed by atoms with Crippen LogP contribution in [-0.4, -0.2) is 36.1 Å². The van der Waals surface area contributed by atoms with Gasteiger partial charge in [-0.2, -0.15) is 0 Å². The molecule has 0 N–H and O–H groups in total. The van der Waals surface area contributed by atoms with Gasteiger partial charge in [0.25, 0.3) is 5.91 Å². The molecule has 3 nitrogen and oxygen atoms in total. The minimum Gasteiger partial charge on any atom is -0.372 e. The third-order valence-electron chi connectivity index (χ3n) is 2.87. The zero-order valence-corrected chi connectivity index (χ0v) is 12.7. The van der Waals surface area contributed by atoms with Crippen molar-refractivity contribution in [1.82, 2.24) is 4.90 Å². The lowest BCUT2D eigenvalue weighted by molar-refractivity contribution is -0.0586. The minimum absolute atomic E-state index is 0.00593. The van der Waals surface area contributed by atoms with Crippen molar-refractivity contribution < 1.29 is 9.53 Å². The summed E-state index contributed by atoms with van der Waals surface area (Å²) in [6.45, 7) is 5.20. The first-order valence-electron chi connectivity index (χ1n) is 5.87. The molecule has 1 aromatic rings. The summed E-state index contributed by atoms with van der Waals surface area (Å²) in [5.74, 6) is 0.00593. The van der Waals surface area contributed by atoms with Gasteiger partial charge in [0, 0.05) is 23.1 Å². The van der Waals surface area contributed by atoms with Gasteiger partial charge in [0.1, 0.15) is 0 Å². The number of hydrogen-bond donors (Lipinski definition) is 0. The zero-order chi connectivity index (χ0) is 13.3. The van der Waals surface area contributed by atoms with E-state index in [1.165, 1.54) is 0 Å². The quantitative estimate of drug-likeness (QED) is 0.789. The summed E-state index contributed by atoms with van der Waals surface area (Å²) in [7, 11) is 0. The van der Waals surface area contributed by atoms with E-state index in [0.717, 1.165) is 4.47 Å². The Hall–Kier alpha value is -0.580. The third kappa shape index (κ3) is 3.05. The van der Waals surface area contributed by atoms with Crippen LogP contribution >= 0.6 is 27.5 Å². The van der Waals surface area contributed by atoms with E-state index in [0.29, 0.717) is 23.7 Å². The maximum Gasteiger partial charge on any atom is 0.254 e. The van der Waals surface area contributed by atoms with Crippen molar-refractivity contribution in [2.75, 3.05) is 13.1 Å². The number of morpholine rings is 1. The van der Waals surface area contributed by atoms with Crippen molar-refractivity contribution in [1.29, 1.82) is 0 Å². The molecule has 1 aliphatic rings. The van der Waals surface area contributed by atoms with E-state index in [-0.39, 0.29) is 18.1 Å². The molecule has 0 spiro atoms. The van der Waals surface area contributed by atoms with E-state index >= 15 is 0 Å². The van der Waals surface area contributed by atoms with Crippen LogP contribution in [0.4, 0.5) is 0 Å². The molecule has 1 heterocycles. The van der Waals surface area contributed by atoms with Crippen LogP contribution in [0.2, 0.25) is 5.02 Å². The lowest BCUT2D eigenvalue weighted by Crippen LogP contribution is -2.48. The van der Waals surface area contributed by atoms with Gasteiger partial charge < -0.3 is 9.64 Å². The molecule has 0 radical (unpaired) electrons. The molecule has 1 amide bonds. The second-order valence-electron chi connectivity index (χ2n) is 4.60. The largest absolute Gasteiger partial charge is 0.372 e. The van der Waals surface area contributed by atoms with Gasteiger partial charge in [-0.15, -0.1) is 0 Å². The number of hydrogen-bond acceptors (Lipinski definition) is 2. The average Bonchev–Trinajstić information content (AvgIpc) is 2.30. The van der Waals surface area contributed by atoms with Gasteiger partial charge in [-0.3, -0.25) is 4.79 Å². The van der Waals surface area contributed by atoms with Gasteiger partial charge in [-0.25, -0.2) is 0 Å². The van der Waals surface area contributed by atoms with E-state index in [4.69, 9.17) is 16.3 Å². The number of ether oxygens (including phenoxy) is 1. The highest BCUT2D eigenvalue weighted by atomic mass is 79.9. The van der Waals surface area contributed by atoms with E-state index in [1.54, 1.807) is 18.2 Å². The second-order valence-corrected chi connectivity index (χ2v) is 5.86. The van der Waals surface area contributed by atoms with Crippen molar-refractivity contribution >= 4 is 33.4 Å². The zero-order valence-electron chi connectivity index (χ0n) is 10.3. The predicted molar refractivity (Wildman–Crippen MR) is 75.1 cm³/mol. The van der Waals surface area contributed by atoms with Crippen LogP contribution < -0.4 is 0 Å². The number of halogens is 2. The summed E-state index contributed by atoms with van der Waals surface area (Å²) in [5.41, 5.74) is 0.615. The van der Waals surface area contributed by atoms with Crippen molar-refractivity contribution in [2.45, 2.75) is 26.1 Å². The summed E-state index contributed by atoms with van der Waals surface area (Å²) in [5, 5.41) is 0.551. The normalized spacial score (nSPS) is 24.1. The van der Waals surface area contributed by atoms with Crippen LogP contribution in [0.25, 0.3) is 0 Å². The fourth-order valence-corrected chi connectivity index (χ4v) is 2.58. The molecule has 1 saturated heterocycles. The Morgan fingerprint density at radius 3 is 2.56 bits per heavy atom. The summed E-state index contributed by atoms with van der Waals surface area (Å²) in [4.78, 5) is 14.2. The Morgan fingerprint density at radius 1 is 1.39 bits per heavy atom. The molecule has 0 aliphatic carbocycles. The van der Waals surface area contributed by atoms with Crippen molar-refractivity contribution in [2.24, 2.45) is 0 Å². The Kier molecular flexibility index (Phi) is 4.30. The van der Waals surface area contributed by atoms with Gasteiger partial charge in [0.2, 0.25) is 0 Å². The molecule has 0 aromatic heterocycles. The molecule has 1 aliphatic heterocycles. The second kappa shape index (κ2) is 5.59. The first-order valence-corrected chi connectivity index (χ1v) is 7.04. The molecule has 2 unspecified atom stereocenters. The number of carbonyl (C=O) groups excluding carboxylic acids is 1. The summed E-state index contributed by atoms with van der Waals surface area (Å²) in [6.07, 6.45) is 0.146. The van der Waals surface area contributed by atoms with E-state index in [1.807, 2.05) is 18.7 Å². The van der Waals surface area contributed by atoms with Gasteiger partial charge >= 0.3 is 0 Å². The molecule has 18 heavy (non-hydrogen) atoms. The molecule has 2 rings (SSSR count). The first-order chi connectivity index (χ1) is 8.47.